The minimum absolute atomic E-state index is 0.0266. The molecule has 3 rings (SSSR count). The summed E-state index contributed by atoms with van der Waals surface area (Å²) in [6.45, 7) is 0.152. The van der Waals surface area contributed by atoms with Crippen molar-refractivity contribution in [3.05, 3.63) is 64.6 Å². The Morgan fingerprint density at radius 3 is 2.24 bits per heavy atom. The number of nitrogens with zero attached hydrogens (tertiary/aromatic N) is 1. The lowest BCUT2D eigenvalue weighted by Gasteiger charge is -2.27. The van der Waals surface area contributed by atoms with Crippen molar-refractivity contribution in [3.63, 3.8) is 0 Å². The molecule has 5 nitrogen and oxygen atoms in total. The molecule has 2 aromatic carbocycles. The third-order valence-electron chi connectivity index (χ3n) is 4.22. The van der Waals surface area contributed by atoms with Crippen LogP contribution in [0.25, 0.3) is 0 Å². The maximum atomic E-state index is 13.2. The largest absolute Gasteiger partial charge is 0.243 e. The number of halogens is 1. The maximum Gasteiger partial charge on any atom is 0.243 e. The maximum absolute atomic E-state index is 13.2. The van der Waals surface area contributed by atoms with Crippen molar-refractivity contribution in [2.75, 3.05) is 11.5 Å². The normalized spacial score (nSPS) is 20.0. The van der Waals surface area contributed by atoms with Crippen LogP contribution in [0.15, 0.2) is 64.0 Å². The van der Waals surface area contributed by atoms with Crippen molar-refractivity contribution in [1.82, 2.24) is 4.31 Å². The quantitative estimate of drug-likeness (QED) is 0.711. The Hall–Kier alpha value is -1.22. The van der Waals surface area contributed by atoms with E-state index in [9.17, 15) is 16.8 Å². The summed E-state index contributed by atoms with van der Waals surface area (Å²) in [5.74, 6) is -0.103. The Bertz CT molecular complexity index is 942. The highest BCUT2D eigenvalue weighted by Gasteiger charge is 2.38. The van der Waals surface area contributed by atoms with Crippen LogP contribution in [0.1, 0.15) is 12.0 Å². The van der Waals surface area contributed by atoms with Crippen molar-refractivity contribution in [3.8, 4) is 0 Å². The van der Waals surface area contributed by atoms with Crippen LogP contribution in [0, 0.1) is 0 Å². The van der Waals surface area contributed by atoms with Crippen molar-refractivity contribution >= 4 is 35.8 Å². The highest BCUT2D eigenvalue weighted by molar-refractivity contribution is 9.10. The third kappa shape index (κ3) is 4.31. The molecule has 134 valence electrons. The molecule has 0 saturated carbocycles. The lowest BCUT2D eigenvalue weighted by Crippen LogP contribution is -2.40. The predicted molar refractivity (Wildman–Crippen MR) is 100 cm³/mol. The van der Waals surface area contributed by atoms with E-state index in [2.05, 4.69) is 15.9 Å². The first kappa shape index (κ1) is 18.6. The lowest BCUT2D eigenvalue weighted by atomic mass is 10.2. The smallest absolute Gasteiger partial charge is 0.229 e. The third-order valence-corrected chi connectivity index (χ3v) is 8.41. The summed E-state index contributed by atoms with van der Waals surface area (Å²) in [7, 11) is -7.00. The first-order valence-electron chi connectivity index (χ1n) is 7.80. The monoisotopic (exact) mass is 443 g/mol. The fourth-order valence-electron chi connectivity index (χ4n) is 2.92. The second-order valence-electron chi connectivity index (χ2n) is 6.05. The summed E-state index contributed by atoms with van der Waals surface area (Å²) >= 11 is 3.30. The highest BCUT2D eigenvalue weighted by atomic mass is 79.9. The molecule has 8 heteroatoms. The Balaban J connectivity index is 1.99. The van der Waals surface area contributed by atoms with Gasteiger partial charge in [0.25, 0.3) is 0 Å². The van der Waals surface area contributed by atoms with Crippen molar-refractivity contribution in [2.24, 2.45) is 0 Å². The Morgan fingerprint density at radius 1 is 1.04 bits per heavy atom. The van der Waals surface area contributed by atoms with Gasteiger partial charge in [0, 0.05) is 17.1 Å². The van der Waals surface area contributed by atoms with Crippen LogP contribution in [0.2, 0.25) is 0 Å². The number of hydrogen-bond acceptors (Lipinski definition) is 4. The van der Waals surface area contributed by atoms with Gasteiger partial charge in [-0.2, -0.15) is 4.31 Å². The van der Waals surface area contributed by atoms with E-state index < -0.39 is 25.9 Å². The Morgan fingerprint density at radius 2 is 1.68 bits per heavy atom. The van der Waals surface area contributed by atoms with E-state index in [1.807, 2.05) is 30.3 Å². The number of hydrogen-bond donors (Lipinski definition) is 0. The molecule has 1 aliphatic rings. The van der Waals surface area contributed by atoms with E-state index in [1.165, 1.54) is 16.4 Å². The van der Waals surface area contributed by atoms with Gasteiger partial charge in [0.2, 0.25) is 10.0 Å². The zero-order valence-corrected chi connectivity index (χ0v) is 16.6. The number of benzene rings is 2. The predicted octanol–water partition coefficient (Wildman–Crippen LogP) is 2.83. The molecule has 25 heavy (non-hydrogen) atoms. The first-order valence-corrected chi connectivity index (χ1v) is 11.9. The summed E-state index contributed by atoms with van der Waals surface area (Å²) in [6, 6.07) is 15.1. The number of sulfone groups is 1. The summed E-state index contributed by atoms with van der Waals surface area (Å²) in [5.41, 5.74) is 0.826. The first-order chi connectivity index (χ1) is 11.8. The van der Waals surface area contributed by atoms with Crippen LogP contribution in [-0.2, 0) is 26.4 Å². The zero-order valence-electron chi connectivity index (χ0n) is 13.4. The average Bonchev–Trinajstić information content (AvgIpc) is 2.93. The topological polar surface area (TPSA) is 71.5 Å². The molecule has 0 aliphatic carbocycles. The molecule has 0 bridgehead atoms. The molecular formula is C17H18BrNO4S2. The molecule has 1 aliphatic heterocycles. The summed E-state index contributed by atoms with van der Waals surface area (Å²) in [6.07, 6.45) is 0.324. The molecule has 0 N–H and O–H groups in total. The van der Waals surface area contributed by atoms with E-state index >= 15 is 0 Å². The second kappa shape index (κ2) is 7.19. The zero-order chi connectivity index (χ0) is 18.1. The van der Waals surface area contributed by atoms with Crippen molar-refractivity contribution < 1.29 is 16.8 Å². The second-order valence-corrected chi connectivity index (χ2v) is 11.1. The van der Waals surface area contributed by atoms with Gasteiger partial charge in [-0.25, -0.2) is 16.8 Å². The van der Waals surface area contributed by atoms with Crippen LogP contribution >= 0.6 is 15.9 Å². The Kier molecular flexibility index (Phi) is 5.34. The molecule has 1 fully saturated rings. The molecule has 0 aromatic heterocycles. The van der Waals surface area contributed by atoms with Gasteiger partial charge in [-0.05, 0) is 36.2 Å². The minimum Gasteiger partial charge on any atom is -0.229 e. The summed E-state index contributed by atoms with van der Waals surface area (Å²) in [4.78, 5) is 0.163. The number of sulfonamides is 1. The van der Waals surface area contributed by atoms with Crippen LogP contribution in [0.3, 0.4) is 0 Å². The molecule has 1 saturated heterocycles. The van der Waals surface area contributed by atoms with E-state index in [0.29, 0.717) is 6.42 Å². The minimum atomic E-state index is -3.80. The average molecular weight is 444 g/mol. The summed E-state index contributed by atoms with van der Waals surface area (Å²) in [5, 5.41) is 0. The van der Waals surface area contributed by atoms with Gasteiger partial charge >= 0.3 is 0 Å². The van der Waals surface area contributed by atoms with Gasteiger partial charge in [-0.3, -0.25) is 0 Å². The van der Waals surface area contributed by atoms with E-state index in [4.69, 9.17) is 0 Å². The molecule has 1 heterocycles. The molecule has 1 atom stereocenters. The standard InChI is InChI=1S/C17H18BrNO4S2/c18-15-6-8-17(9-7-15)25(22,23)19(12-14-4-2-1-3-5-14)16-10-11-24(20,21)13-16/h1-9,16H,10-13H2/t16-/m0/s1. The fourth-order valence-corrected chi connectivity index (χ4v) is 6.65. The van der Waals surface area contributed by atoms with Gasteiger partial charge in [0.1, 0.15) is 0 Å². The SMILES string of the molecule is O=S1(=O)CC[C@H](N(Cc2ccccc2)S(=O)(=O)c2ccc(Br)cc2)C1. The number of rotatable bonds is 5. The van der Waals surface area contributed by atoms with Gasteiger partial charge in [0.05, 0.1) is 16.4 Å². The van der Waals surface area contributed by atoms with Gasteiger partial charge in [-0.1, -0.05) is 46.3 Å². The molecule has 0 radical (unpaired) electrons. The van der Waals surface area contributed by atoms with Gasteiger partial charge in [0.15, 0.2) is 9.84 Å². The van der Waals surface area contributed by atoms with E-state index in [0.717, 1.165) is 10.0 Å². The summed E-state index contributed by atoms with van der Waals surface area (Å²) < 4.78 is 52.2. The van der Waals surface area contributed by atoms with Gasteiger partial charge in [-0.15, -0.1) is 0 Å². The van der Waals surface area contributed by atoms with Crippen LogP contribution in [0.5, 0.6) is 0 Å². The van der Waals surface area contributed by atoms with Crippen LogP contribution < -0.4 is 0 Å². The fraction of sp³-hybridized carbons (Fsp3) is 0.294. The lowest BCUT2D eigenvalue weighted by molar-refractivity contribution is 0.334. The van der Waals surface area contributed by atoms with Crippen molar-refractivity contribution in [2.45, 2.75) is 23.9 Å². The van der Waals surface area contributed by atoms with Crippen LogP contribution in [0.4, 0.5) is 0 Å². The van der Waals surface area contributed by atoms with E-state index in [-0.39, 0.29) is 22.9 Å². The van der Waals surface area contributed by atoms with Gasteiger partial charge < -0.3 is 0 Å². The molecule has 0 amide bonds. The van der Waals surface area contributed by atoms with Crippen molar-refractivity contribution in [1.29, 1.82) is 0 Å². The molecule has 2 aromatic rings. The van der Waals surface area contributed by atoms with Crippen LogP contribution in [-0.4, -0.2) is 38.7 Å². The van der Waals surface area contributed by atoms with E-state index in [1.54, 1.807) is 12.1 Å². The molecule has 0 spiro atoms. The molecule has 0 unspecified atom stereocenters. The Labute approximate surface area is 156 Å². The highest BCUT2D eigenvalue weighted by Crippen LogP contribution is 2.27. The molecular weight excluding hydrogens is 426 g/mol.